The maximum absolute atomic E-state index is 10.0. The van der Waals surface area contributed by atoms with Crippen molar-refractivity contribution in [2.45, 2.75) is 40.5 Å². The lowest BCUT2D eigenvalue weighted by atomic mass is 10.3. The first kappa shape index (κ1) is 23.8. The van der Waals surface area contributed by atoms with Crippen molar-refractivity contribution in [1.29, 1.82) is 0 Å². The number of carbonyl (C=O) groups is 2. The minimum atomic E-state index is 0.0760. The first-order valence-corrected chi connectivity index (χ1v) is 5.05. The molecule has 0 rings (SSSR count). The van der Waals surface area contributed by atoms with Gasteiger partial charge in [-0.25, -0.2) is 0 Å². The predicted molar refractivity (Wildman–Crippen MR) is 63.0 cm³/mol. The van der Waals surface area contributed by atoms with Gasteiger partial charge in [0.15, 0.2) is 0 Å². The summed E-state index contributed by atoms with van der Waals surface area (Å²) in [6.07, 6.45) is 1.51. The Bertz CT molecular complexity index is 101. The lowest BCUT2D eigenvalue weighted by Crippen LogP contribution is -1.88. The highest BCUT2D eigenvalue weighted by molar-refractivity contribution is 5.77. The summed E-state index contributed by atoms with van der Waals surface area (Å²) >= 11 is 0. The number of Topliss-reactive ketones (excluding diaryl/α,β-unsaturated/α-hetero) is 1. The van der Waals surface area contributed by atoms with Gasteiger partial charge in [-0.15, -0.1) is 0 Å². The van der Waals surface area contributed by atoms with Crippen molar-refractivity contribution in [3.8, 4) is 0 Å². The highest BCUT2D eigenvalue weighted by Gasteiger charge is 1.87. The molecule has 0 bridgehead atoms. The molecule has 0 fully saturated rings. The van der Waals surface area contributed by atoms with Crippen LogP contribution < -0.4 is 0 Å². The molecule has 0 aromatic carbocycles. The first-order chi connectivity index (χ1) is 7.18. The van der Waals surface area contributed by atoms with Crippen molar-refractivity contribution in [2.24, 2.45) is 0 Å². The van der Waals surface area contributed by atoms with Gasteiger partial charge in [-0.2, -0.15) is 0 Å². The van der Waals surface area contributed by atoms with E-state index in [2.05, 4.69) is 4.74 Å². The van der Waals surface area contributed by atoms with Crippen LogP contribution in [0, 0.1) is 0 Å². The summed E-state index contributed by atoms with van der Waals surface area (Å²) in [5, 5.41) is 7.00. The van der Waals surface area contributed by atoms with E-state index in [-0.39, 0.29) is 5.78 Å². The van der Waals surface area contributed by atoms with Gasteiger partial charge in [0.25, 0.3) is 0 Å². The Hall–Kier alpha value is -0.740. The minimum absolute atomic E-state index is 0.0760. The summed E-state index contributed by atoms with van der Waals surface area (Å²) in [4.78, 5) is 19.6. The standard InChI is InChI=1S/C5H8O2.C3H8O.C2H6.CH4O/c1-5(7)3-2-4-6;1-3-4-2;2*1-2/h4H,2-3H2,1H3;3H2,1-2H3;1-2H3;2H,1H3. The number of hydrogen-bond acceptors (Lipinski definition) is 4. The van der Waals surface area contributed by atoms with Crippen LogP contribution >= 0.6 is 0 Å². The largest absolute Gasteiger partial charge is 0.400 e. The average Bonchev–Trinajstić information content (AvgIpc) is 2.32. The molecule has 4 nitrogen and oxygen atoms in total. The fraction of sp³-hybridized carbons (Fsp3) is 0.818. The topological polar surface area (TPSA) is 63.6 Å². The van der Waals surface area contributed by atoms with Gasteiger partial charge in [-0.05, 0) is 13.8 Å². The number of aldehydes is 1. The van der Waals surface area contributed by atoms with Crippen LogP contribution in [0.2, 0.25) is 0 Å². The smallest absolute Gasteiger partial charge is 0.130 e. The van der Waals surface area contributed by atoms with Gasteiger partial charge in [-0.3, -0.25) is 0 Å². The number of aliphatic hydroxyl groups excluding tert-OH is 1. The van der Waals surface area contributed by atoms with E-state index in [1.165, 1.54) is 6.92 Å². The van der Waals surface area contributed by atoms with Crippen molar-refractivity contribution in [2.75, 3.05) is 20.8 Å². The fourth-order valence-corrected chi connectivity index (χ4v) is 0.262. The van der Waals surface area contributed by atoms with Crippen molar-refractivity contribution >= 4 is 12.1 Å². The highest BCUT2D eigenvalue weighted by Crippen LogP contribution is 1.83. The molecule has 0 atom stereocenters. The van der Waals surface area contributed by atoms with E-state index in [9.17, 15) is 9.59 Å². The van der Waals surface area contributed by atoms with E-state index in [0.29, 0.717) is 12.8 Å². The molecule has 0 aliphatic heterocycles. The highest BCUT2D eigenvalue weighted by atomic mass is 16.5. The second kappa shape index (κ2) is 37.8. The molecule has 0 saturated carbocycles. The van der Waals surface area contributed by atoms with Gasteiger partial charge in [0.2, 0.25) is 0 Å². The van der Waals surface area contributed by atoms with E-state index in [4.69, 9.17) is 5.11 Å². The zero-order valence-electron chi connectivity index (χ0n) is 10.9. The summed E-state index contributed by atoms with van der Waals surface area (Å²) in [5.74, 6) is 0.0760. The van der Waals surface area contributed by atoms with Crippen LogP contribution in [0.15, 0.2) is 0 Å². The molecule has 1 N–H and O–H groups in total. The zero-order chi connectivity index (χ0) is 13.1. The van der Waals surface area contributed by atoms with E-state index in [1.807, 2.05) is 20.8 Å². The zero-order valence-corrected chi connectivity index (χ0v) is 10.9. The maximum Gasteiger partial charge on any atom is 0.130 e. The molecule has 94 valence electrons. The summed E-state index contributed by atoms with van der Waals surface area (Å²) in [5.41, 5.74) is 0. The number of ether oxygens (including phenoxy) is 1. The van der Waals surface area contributed by atoms with Crippen LogP contribution in [0.3, 0.4) is 0 Å². The lowest BCUT2D eigenvalue weighted by Gasteiger charge is -1.80. The van der Waals surface area contributed by atoms with E-state index in [1.54, 1.807) is 7.11 Å². The van der Waals surface area contributed by atoms with Crippen molar-refractivity contribution < 1.29 is 19.4 Å². The molecule has 0 heterocycles. The van der Waals surface area contributed by atoms with Crippen LogP contribution in [-0.2, 0) is 14.3 Å². The molecule has 0 aromatic heterocycles. The number of rotatable bonds is 4. The molecule has 0 aromatic rings. The Balaban J connectivity index is -0.0000000647. The van der Waals surface area contributed by atoms with Gasteiger partial charge in [0.1, 0.15) is 12.1 Å². The summed E-state index contributed by atoms with van der Waals surface area (Å²) in [6.45, 7) is 8.25. The Morgan fingerprint density at radius 2 is 1.67 bits per heavy atom. The Morgan fingerprint density at radius 1 is 1.33 bits per heavy atom. The number of hydrogen-bond donors (Lipinski definition) is 1. The number of ketones is 1. The molecule has 0 radical (unpaired) electrons. The van der Waals surface area contributed by atoms with Crippen LogP contribution in [-0.4, -0.2) is 38.0 Å². The fourth-order valence-electron chi connectivity index (χ4n) is 0.262. The molecular formula is C11H26O4. The number of carbonyl (C=O) groups excluding carboxylic acids is 2. The minimum Gasteiger partial charge on any atom is -0.400 e. The normalized spacial score (nSPS) is 6.60. The maximum atomic E-state index is 10.0. The molecule has 0 amide bonds. The van der Waals surface area contributed by atoms with Gasteiger partial charge in [0.05, 0.1) is 0 Å². The summed E-state index contributed by atoms with van der Waals surface area (Å²) < 4.78 is 4.54. The average molecular weight is 222 g/mol. The quantitative estimate of drug-likeness (QED) is 0.737. The molecule has 0 saturated heterocycles. The van der Waals surface area contributed by atoms with E-state index >= 15 is 0 Å². The first-order valence-electron chi connectivity index (χ1n) is 5.05. The van der Waals surface area contributed by atoms with Gasteiger partial charge in [0, 0.05) is 33.7 Å². The van der Waals surface area contributed by atoms with Crippen LogP contribution in [0.1, 0.15) is 40.5 Å². The van der Waals surface area contributed by atoms with Gasteiger partial charge >= 0.3 is 0 Å². The van der Waals surface area contributed by atoms with Gasteiger partial charge < -0.3 is 19.4 Å². The van der Waals surface area contributed by atoms with Crippen LogP contribution in [0.25, 0.3) is 0 Å². The Kier molecular flexibility index (Phi) is 60.0. The van der Waals surface area contributed by atoms with E-state index < -0.39 is 0 Å². The van der Waals surface area contributed by atoms with Gasteiger partial charge in [-0.1, -0.05) is 13.8 Å². The molecule has 0 aliphatic rings. The molecule has 4 heteroatoms. The van der Waals surface area contributed by atoms with E-state index in [0.717, 1.165) is 20.0 Å². The van der Waals surface area contributed by atoms with Crippen molar-refractivity contribution in [3.63, 3.8) is 0 Å². The molecular weight excluding hydrogens is 196 g/mol. The third-order valence-corrected chi connectivity index (χ3v) is 0.903. The second-order valence-electron chi connectivity index (χ2n) is 1.98. The third kappa shape index (κ3) is 92.6. The number of methoxy groups -OCH3 is 1. The van der Waals surface area contributed by atoms with Crippen molar-refractivity contribution in [1.82, 2.24) is 0 Å². The summed E-state index contributed by atoms with van der Waals surface area (Å²) in [6, 6.07) is 0. The van der Waals surface area contributed by atoms with Crippen LogP contribution in [0.5, 0.6) is 0 Å². The van der Waals surface area contributed by atoms with Crippen molar-refractivity contribution in [3.05, 3.63) is 0 Å². The molecule has 0 spiro atoms. The molecule has 15 heavy (non-hydrogen) atoms. The predicted octanol–water partition coefficient (Wildman–Crippen LogP) is 1.84. The third-order valence-electron chi connectivity index (χ3n) is 0.903. The van der Waals surface area contributed by atoms with Crippen LogP contribution in [0.4, 0.5) is 0 Å². The monoisotopic (exact) mass is 222 g/mol. The molecule has 0 aliphatic carbocycles. The molecule has 0 unspecified atom stereocenters. The second-order valence-corrected chi connectivity index (χ2v) is 1.98. The Morgan fingerprint density at radius 3 is 1.73 bits per heavy atom. The number of aliphatic hydroxyl groups is 1. The lowest BCUT2D eigenvalue weighted by molar-refractivity contribution is -0.118. The summed E-state index contributed by atoms with van der Waals surface area (Å²) in [7, 11) is 2.68. The SMILES string of the molecule is CC.CC(=O)CCC=O.CCOC.CO. The Labute approximate surface area is 93.6 Å².